The third kappa shape index (κ3) is 1.55. The molecule has 2 rings (SSSR count). The van der Waals surface area contributed by atoms with E-state index in [2.05, 4.69) is 20.7 Å². The maximum absolute atomic E-state index is 11.3. The van der Waals surface area contributed by atoms with Gasteiger partial charge in [0.1, 0.15) is 0 Å². The molecule has 1 aromatic carbocycles. The first-order valence-corrected chi connectivity index (χ1v) is 5.64. The molecule has 0 bridgehead atoms. The minimum Gasteiger partial charge on any atom is -0.465 e. The molecule has 0 aliphatic rings. The van der Waals surface area contributed by atoms with Crippen LogP contribution >= 0.6 is 27.3 Å². The number of fused-ring (bicyclic) bond motifs is 1. The van der Waals surface area contributed by atoms with Gasteiger partial charge in [0.2, 0.25) is 0 Å². The van der Waals surface area contributed by atoms with Crippen LogP contribution < -0.4 is 0 Å². The first-order chi connectivity index (χ1) is 6.72. The normalized spacial score (nSPS) is 10.4. The number of halogens is 1. The van der Waals surface area contributed by atoms with Crippen LogP contribution in [0.4, 0.5) is 0 Å². The predicted molar refractivity (Wildman–Crippen MR) is 60.9 cm³/mol. The summed E-state index contributed by atoms with van der Waals surface area (Å²) in [5.74, 6) is -0.279. The highest BCUT2D eigenvalue weighted by Gasteiger charge is 2.11. The predicted octanol–water partition coefficient (Wildman–Crippen LogP) is 3.45. The van der Waals surface area contributed by atoms with Gasteiger partial charge < -0.3 is 4.74 Å². The van der Waals surface area contributed by atoms with Crippen LogP contribution in [-0.2, 0) is 4.74 Å². The fourth-order valence-electron chi connectivity index (χ4n) is 1.27. The van der Waals surface area contributed by atoms with Gasteiger partial charge in [-0.1, -0.05) is 22.0 Å². The van der Waals surface area contributed by atoms with Crippen LogP contribution in [0.1, 0.15) is 10.4 Å². The van der Waals surface area contributed by atoms with E-state index in [0.717, 1.165) is 14.6 Å². The highest BCUT2D eigenvalue weighted by atomic mass is 79.9. The first kappa shape index (κ1) is 9.68. The molecule has 2 nitrogen and oxygen atoms in total. The van der Waals surface area contributed by atoms with Crippen molar-refractivity contribution in [2.75, 3.05) is 7.11 Å². The largest absolute Gasteiger partial charge is 0.465 e. The highest BCUT2D eigenvalue weighted by Crippen LogP contribution is 2.28. The van der Waals surface area contributed by atoms with Gasteiger partial charge in [-0.3, -0.25) is 0 Å². The van der Waals surface area contributed by atoms with Gasteiger partial charge in [0.15, 0.2) is 0 Å². The van der Waals surface area contributed by atoms with Crippen molar-refractivity contribution >= 4 is 43.3 Å². The van der Waals surface area contributed by atoms with E-state index in [9.17, 15) is 4.79 Å². The Morgan fingerprint density at radius 3 is 3.00 bits per heavy atom. The van der Waals surface area contributed by atoms with E-state index in [0.29, 0.717) is 5.56 Å². The monoisotopic (exact) mass is 270 g/mol. The van der Waals surface area contributed by atoms with Gasteiger partial charge in [-0.2, -0.15) is 0 Å². The zero-order valence-electron chi connectivity index (χ0n) is 7.41. The smallest absolute Gasteiger partial charge is 0.339 e. The third-order valence-electron chi connectivity index (χ3n) is 1.94. The Morgan fingerprint density at radius 2 is 2.29 bits per heavy atom. The van der Waals surface area contributed by atoms with Gasteiger partial charge in [-0.15, -0.1) is 11.3 Å². The number of methoxy groups -OCH3 is 1. The standard InChI is InChI=1S/C10H7BrO2S/c1-13-10(12)8-5-14-9-4-6(11)2-3-7(8)9/h2-5H,1H3. The molecular formula is C10H7BrO2S. The molecule has 2 aromatic rings. The Bertz CT molecular complexity index is 490. The maximum atomic E-state index is 11.3. The molecule has 0 N–H and O–H groups in total. The van der Waals surface area contributed by atoms with E-state index in [4.69, 9.17) is 0 Å². The number of esters is 1. The lowest BCUT2D eigenvalue weighted by molar-refractivity contribution is 0.0603. The van der Waals surface area contributed by atoms with Crippen LogP contribution in [0.3, 0.4) is 0 Å². The number of carbonyl (C=O) groups is 1. The molecule has 1 heterocycles. The van der Waals surface area contributed by atoms with Crippen molar-refractivity contribution in [2.45, 2.75) is 0 Å². The zero-order valence-corrected chi connectivity index (χ0v) is 9.81. The Morgan fingerprint density at radius 1 is 1.50 bits per heavy atom. The Hall–Kier alpha value is -0.870. The van der Waals surface area contributed by atoms with Crippen molar-refractivity contribution in [1.29, 1.82) is 0 Å². The van der Waals surface area contributed by atoms with E-state index < -0.39 is 0 Å². The van der Waals surface area contributed by atoms with Crippen LogP contribution in [0.2, 0.25) is 0 Å². The van der Waals surface area contributed by atoms with E-state index in [1.807, 2.05) is 23.6 Å². The van der Waals surface area contributed by atoms with E-state index in [1.165, 1.54) is 7.11 Å². The molecule has 1 aromatic heterocycles. The summed E-state index contributed by atoms with van der Waals surface area (Å²) in [7, 11) is 1.39. The minimum atomic E-state index is -0.279. The third-order valence-corrected chi connectivity index (χ3v) is 3.38. The van der Waals surface area contributed by atoms with Gasteiger partial charge in [-0.05, 0) is 12.1 Å². The van der Waals surface area contributed by atoms with Gasteiger partial charge in [-0.25, -0.2) is 4.79 Å². The average Bonchev–Trinajstić information content (AvgIpc) is 2.59. The lowest BCUT2D eigenvalue weighted by Gasteiger charge is -1.96. The Kier molecular flexibility index (Phi) is 2.56. The molecule has 0 radical (unpaired) electrons. The molecule has 0 amide bonds. The van der Waals surface area contributed by atoms with Crippen molar-refractivity contribution in [3.05, 3.63) is 33.6 Å². The number of benzene rings is 1. The van der Waals surface area contributed by atoms with Crippen LogP contribution in [0.5, 0.6) is 0 Å². The van der Waals surface area contributed by atoms with Crippen molar-refractivity contribution in [1.82, 2.24) is 0 Å². The second-order valence-corrected chi connectivity index (χ2v) is 4.61. The van der Waals surface area contributed by atoms with Crippen LogP contribution in [-0.4, -0.2) is 13.1 Å². The van der Waals surface area contributed by atoms with Crippen molar-refractivity contribution in [3.8, 4) is 0 Å². The second kappa shape index (κ2) is 3.71. The summed E-state index contributed by atoms with van der Waals surface area (Å²) in [6.07, 6.45) is 0. The molecule has 0 atom stereocenters. The summed E-state index contributed by atoms with van der Waals surface area (Å²) >= 11 is 4.93. The number of carbonyl (C=O) groups excluding carboxylic acids is 1. The van der Waals surface area contributed by atoms with Gasteiger partial charge in [0.25, 0.3) is 0 Å². The quantitative estimate of drug-likeness (QED) is 0.742. The molecule has 4 heteroatoms. The van der Waals surface area contributed by atoms with E-state index in [-0.39, 0.29) is 5.97 Å². The number of thiophene rings is 1. The molecule has 0 saturated heterocycles. The van der Waals surface area contributed by atoms with Gasteiger partial charge in [0.05, 0.1) is 12.7 Å². The van der Waals surface area contributed by atoms with Crippen molar-refractivity contribution in [2.24, 2.45) is 0 Å². The Labute approximate surface area is 93.6 Å². The topological polar surface area (TPSA) is 26.3 Å². The summed E-state index contributed by atoms with van der Waals surface area (Å²) in [6.45, 7) is 0. The lowest BCUT2D eigenvalue weighted by Crippen LogP contribution is -1.99. The SMILES string of the molecule is COC(=O)c1csc2cc(Br)ccc12. The zero-order chi connectivity index (χ0) is 10.1. The Balaban J connectivity index is 2.64. The summed E-state index contributed by atoms with van der Waals surface area (Å²) in [6, 6.07) is 5.83. The first-order valence-electron chi connectivity index (χ1n) is 3.97. The second-order valence-electron chi connectivity index (χ2n) is 2.78. The number of hydrogen-bond donors (Lipinski definition) is 0. The average molecular weight is 271 g/mol. The molecule has 72 valence electrons. The molecule has 0 spiro atoms. The van der Waals surface area contributed by atoms with Gasteiger partial charge in [0, 0.05) is 19.9 Å². The fraction of sp³-hybridized carbons (Fsp3) is 0.100. The van der Waals surface area contributed by atoms with Crippen molar-refractivity contribution < 1.29 is 9.53 Å². The summed E-state index contributed by atoms with van der Waals surface area (Å²) < 4.78 is 6.79. The highest BCUT2D eigenvalue weighted by molar-refractivity contribution is 9.10. The number of hydrogen-bond acceptors (Lipinski definition) is 3. The van der Waals surface area contributed by atoms with E-state index in [1.54, 1.807) is 11.3 Å². The summed E-state index contributed by atoms with van der Waals surface area (Å²) in [5, 5.41) is 2.77. The van der Waals surface area contributed by atoms with Gasteiger partial charge >= 0.3 is 5.97 Å². The lowest BCUT2D eigenvalue weighted by atomic mass is 10.2. The molecule has 0 unspecified atom stereocenters. The molecule has 14 heavy (non-hydrogen) atoms. The number of rotatable bonds is 1. The van der Waals surface area contributed by atoms with E-state index >= 15 is 0 Å². The van der Waals surface area contributed by atoms with Crippen molar-refractivity contribution in [3.63, 3.8) is 0 Å². The molecule has 0 saturated carbocycles. The summed E-state index contributed by atoms with van der Waals surface area (Å²) in [4.78, 5) is 11.3. The molecule has 0 aliphatic carbocycles. The van der Waals surface area contributed by atoms with Crippen LogP contribution in [0, 0.1) is 0 Å². The number of ether oxygens (including phenoxy) is 1. The summed E-state index contributed by atoms with van der Waals surface area (Å²) in [5.41, 5.74) is 0.639. The maximum Gasteiger partial charge on any atom is 0.339 e. The molecular weight excluding hydrogens is 264 g/mol. The molecule has 0 fully saturated rings. The molecule has 0 aliphatic heterocycles. The minimum absolute atomic E-state index is 0.279. The van der Waals surface area contributed by atoms with Crippen LogP contribution in [0.25, 0.3) is 10.1 Å². The van der Waals surface area contributed by atoms with Crippen LogP contribution in [0.15, 0.2) is 28.1 Å². The fourth-order valence-corrected chi connectivity index (χ4v) is 2.75.